The van der Waals surface area contributed by atoms with Gasteiger partial charge in [0.2, 0.25) is 11.8 Å². The van der Waals surface area contributed by atoms with Crippen LogP contribution in [0.5, 0.6) is 0 Å². The van der Waals surface area contributed by atoms with E-state index in [1.807, 2.05) is 17.0 Å². The number of hydrogen-bond acceptors (Lipinski definition) is 4. The first-order valence-corrected chi connectivity index (χ1v) is 7.34. The fourth-order valence-electron chi connectivity index (χ4n) is 3.20. The third-order valence-electron chi connectivity index (χ3n) is 4.29. The van der Waals surface area contributed by atoms with E-state index in [1.54, 1.807) is 0 Å². The van der Waals surface area contributed by atoms with E-state index >= 15 is 0 Å². The number of nitrogens with zero attached hydrogens (tertiary/aromatic N) is 1. The maximum absolute atomic E-state index is 11.7. The number of aryl methyl sites for hydroxylation is 1. The minimum Gasteiger partial charge on any atom is -0.397 e. The SMILES string of the molecule is NC(=O)C1CCCCN1c1cc2c(cc1N)CCC(=O)N2. The van der Waals surface area contributed by atoms with Crippen molar-refractivity contribution in [3.05, 3.63) is 17.7 Å². The number of piperidine rings is 1. The molecular weight excluding hydrogens is 268 g/mol. The molecule has 112 valence electrons. The van der Waals surface area contributed by atoms with Crippen LogP contribution in [0.25, 0.3) is 0 Å². The zero-order chi connectivity index (χ0) is 15.0. The van der Waals surface area contributed by atoms with Gasteiger partial charge in [0.1, 0.15) is 6.04 Å². The highest BCUT2D eigenvalue weighted by atomic mass is 16.2. The molecule has 6 heteroatoms. The number of nitrogens with one attached hydrogen (secondary N) is 1. The first kappa shape index (κ1) is 13.7. The zero-order valence-electron chi connectivity index (χ0n) is 11.9. The van der Waals surface area contributed by atoms with Crippen molar-refractivity contribution < 1.29 is 9.59 Å². The molecule has 2 aliphatic rings. The Morgan fingerprint density at radius 1 is 1.29 bits per heavy atom. The van der Waals surface area contributed by atoms with Gasteiger partial charge in [-0.05, 0) is 43.4 Å². The van der Waals surface area contributed by atoms with Gasteiger partial charge in [-0.2, -0.15) is 0 Å². The molecule has 2 aliphatic heterocycles. The van der Waals surface area contributed by atoms with Crippen molar-refractivity contribution >= 4 is 28.9 Å². The molecule has 3 rings (SSSR count). The summed E-state index contributed by atoms with van der Waals surface area (Å²) < 4.78 is 0. The number of anilines is 3. The lowest BCUT2D eigenvalue weighted by molar-refractivity contribution is -0.119. The second kappa shape index (κ2) is 5.27. The largest absolute Gasteiger partial charge is 0.397 e. The van der Waals surface area contributed by atoms with Crippen molar-refractivity contribution in [2.45, 2.75) is 38.1 Å². The molecule has 1 atom stereocenters. The molecule has 21 heavy (non-hydrogen) atoms. The number of carbonyl (C=O) groups excluding carboxylic acids is 2. The summed E-state index contributed by atoms with van der Waals surface area (Å²) >= 11 is 0. The van der Waals surface area contributed by atoms with Gasteiger partial charge in [-0.3, -0.25) is 9.59 Å². The Bertz CT molecular complexity index is 600. The molecule has 1 aromatic carbocycles. The van der Waals surface area contributed by atoms with Gasteiger partial charge in [0.25, 0.3) is 0 Å². The van der Waals surface area contributed by atoms with Crippen molar-refractivity contribution in [1.29, 1.82) is 0 Å². The van der Waals surface area contributed by atoms with Gasteiger partial charge < -0.3 is 21.7 Å². The van der Waals surface area contributed by atoms with E-state index in [2.05, 4.69) is 5.32 Å². The van der Waals surface area contributed by atoms with Crippen LogP contribution >= 0.6 is 0 Å². The van der Waals surface area contributed by atoms with E-state index in [1.165, 1.54) is 0 Å². The molecule has 1 saturated heterocycles. The molecule has 6 nitrogen and oxygen atoms in total. The highest BCUT2D eigenvalue weighted by Gasteiger charge is 2.29. The summed E-state index contributed by atoms with van der Waals surface area (Å²) in [6.45, 7) is 0.755. The number of nitrogens with two attached hydrogens (primary N) is 2. The minimum absolute atomic E-state index is 0.0170. The van der Waals surface area contributed by atoms with E-state index in [0.717, 1.165) is 42.7 Å². The molecule has 0 aromatic heterocycles. The van der Waals surface area contributed by atoms with Crippen LogP contribution in [0.15, 0.2) is 12.1 Å². The van der Waals surface area contributed by atoms with Crippen LogP contribution < -0.4 is 21.7 Å². The first-order chi connectivity index (χ1) is 10.1. The number of nitrogen functional groups attached to an aromatic ring is 1. The van der Waals surface area contributed by atoms with Gasteiger partial charge in [-0.15, -0.1) is 0 Å². The normalized spacial score (nSPS) is 21.6. The lowest BCUT2D eigenvalue weighted by Gasteiger charge is -2.37. The smallest absolute Gasteiger partial charge is 0.240 e. The molecule has 0 aliphatic carbocycles. The Hall–Kier alpha value is -2.24. The van der Waals surface area contributed by atoms with Gasteiger partial charge in [0.15, 0.2) is 0 Å². The minimum atomic E-state index is -0.323. The summed E-state index contributed by atoms with van der Waals surface area (Å²) in [6, 6.07) is 3.46. The third-order valence-corrected chi connectivity index (χ3v) is 4.29. The fraction of sp³-hybridized carbons (Fsp3) is 0.467. The standard InChI is InChI=1S/C15H20N4O2/c16-10-7-9-4-5-14(20)18-11(9)8-13(10)19-6-2-1-3-12(19)15(17)21/h7-8,12H,1-6,16H2,(H2,17,21)(H,18,20). The average Bonchev–Trinajstić information content (AvgIpc) is 2.47. The van der Waals surface area contributed by atoms with E-state index in [-0.39, 0.29) is 17.9 Å². The third kappa shape index (κ3) is 2.53. The molecule has 0 radical (unpaired) electrons. The Morgan fingerprint density at radius 2 is 2.10 bits per heavy atom. The summed E-state index contributed by atoms with van der Waals surface area (Å²) in [5.41, 5.74) is 14.9. The van der Waals surface area contributed by atoms with Crippen molar-refractivity contribution in [3.8, 4) is 0 Å². The fourth-order valence-corrected chi connectivity index (χ4v) is 3.20. The lowest BCUT2D eigenvalue weighted by Crippen LogP contribution is -2.48. The second-order valence-electron chi connectivity index (χ2n) is 5.72. The van der Waals surface area contributed by atoms with Gasteiger partial charge >= 0.3 is 0 Å². The van der Waals surface area contributed by atoms with Gasteiger partial charge in [0.05, 0.1) is 11.4 Å². The topological polar surface area (TPSA) is 101 Å². The number of rotatable bonds is 2. The second-order valence-corrected chi connectivity index (χ2v) is 5.72. The molecule has 0 saturated carbocycles. The molecule has 1 fully saturated rings. The summed E-state index contributed by atoms with van der Waals surface area (Å²) in [6.07, 6.45) is 3.93. The van der Waals surface area contributed by atoms with Crippen LogP contribution in [0.1, 0.15) is 31.2 Å². The van der Waals surface area contributed by atoms with Gasteiger partial charge in [0, 0.05) is 18.7 Å². The van der Waals surface area contributed by atoms with Gasteiger partial charge in [-0.1, -0.05) is 0 Å². The van der Waals surface area contributed by atoms with E-state index in [0.29, 0.717) is 18.5 Å². The Labute approximate surface area is 123 Å². The molecule has 1 unspecified atom stereocenters. The van der Waals surface area contributed by atoms with Crippen molar-refractivity contribution in [2.75, 3.05) is 22.5 Å². The van der Waals surface area contributed by atoms with Crippen molar-refractivity contribution in [3.63, 3.8) is 0 Å². The summed E-state index contributed by atoms with van der Waals surface area (Å²) in [5, 5.41) is 2.87. The van der Waals surface area contributed by atoms with Crippen molar-refractivity contribution in [1.82, 2.24) is 0 Å². The van der Waals surface area contributed by atoms with Gasteiger partial charge in [-0.25, -0.2) is 0 Å². The molecule has 0 bridgehead atoms. The lowest BCUT2D eigenvalue weighted by atomic mass is 9.97. The molecule has 0 spiro atoms. The summed E-state index contributed by atoms with van der Waals surface area (Å²) in [7, 11) is 0. The molecular formula is C15H20N4O2. The molecule has 5 N–H and O–H groups in total. The molecule has 2 amide bonds. The molecule has 2 heterocycles. The molecule has 1 aromatic rings. The number of fused-ring (bicyclic) bond motifs is 1. The summed E-state index contributed by atoms with van der Waals surface area (Å²) in [5.74, 6) is -0.306. The highest BCUT2D eigenvalue weighted by Crippen LogP contribution is 2.36. The van der Waals surface area contributed by atoms with Crippen molar-refractivity contribution in [2.24, 2.45) is 5.73 Å². The average molecular weight is 288 g/mol. The van der Waals surface area contributed by atoms with E-state index < -0.39 is 0 Å². The van der Waals surface area contributed by atoms with Crippen LogP contribution in [0.2, 0.25) is 0 Å². The Morgan fingerprint density at radius 3 is 2.86 bits per heavy atom. The Balaban J connectivity index is 1.99. The number of primary amides is 1. The van der Waals surface area contributed by atoms with Crippen LogP contribution in [0.3, 0.4) is 0 Å². The number of hydrogen-bond donors (Lipinski definition) is 3. The van der Waals surface area contributed by atoms with Crippen LogP contribution in [0, 0.1) is 0 Å². The quantitative estimate of drug-likeness (QED) is 0.706. The summed E-state index contributed by atoms with van der Waals surface area (Å²) in [4.78, 5) is 25.2. The first-order valence-electron chi connectivity index (χ1n) is 7.34. The Kier molecular flexibility index (Phi) is 3.45. The highest BCUT2D eigenvalue weighted by molar-refractivity contribution is 5.96. The monoisotopic (exact) mass is 288 g/mol. The van der Waals surface area contributed by atoms with Crippen LogP contribution in [-0.4, -0.2) is 24.4 Å². The predicted molar refractivity (Wildman–Crippen MR) is 82.0 cm³/mol. The van der Waals surface area contributed by atoms with Crippen LogP contribution in [-0.2, 0) is 16.0 Å². The zero-order valence-corrected chi connectivity index (χ0v) is 11.9. The predicted octanol–water partition coefficient (Wildman–Crippen LogP) is 0.998. The van der Waals surface area contributed by atoms with E-state index in [9.17, 15) is 9.59 Å². The maximum atomic E-state index is 11.7. The van der Waals surface area contributed by atoms with Crippen LogP contribution in [0.4, 0.5) is 17.1 Å². The number of carbonyl (C=O) groups is 2. The maximum Gasteiger partial charge on any atom is 0.240 e. The van der Waals surface area contributed by atoms with E-state index in [4.69, 9.17) is 11.5 Å². The number of amides is 2. The number of benzene rings is 1.